The molecule has 0 aliphatic carbocycles. The minimum atomic E-state index is -5.86. The first kappa shape index (κ1) is 11.2. The molecule has 0 spiro atoms. The molecule has 0 saturated heterocycles. The Bertz CT molecular complexity index is 355. The molecule has 0 aromatic carbocycles. The summed E-state index contributed by atoms with van der Waals surface area (Å²) >= 11 is -5.86. The third-order valence-corrected chi connectivity index (χ3v) is 1.06. The Morgan fingerprint density at radius 3 is 2.00 bits per heavy atom. The zero-order valence-electron chi connectivity index (χ0n) is 6.60. The van der Waals surface area contributed by atoms with Gasteiger partial charge in [-0.2, -0.15) is 0 Å². The molecular formula is C5H9N2O4Re. The molecule has 1 N–H and O–H groups in total. The summed E-state index contributed by atoms with van der Waals surface area (Å²) in [6, 6.07) is 0. The number of hydrogen-bond donors (Lipinski definition) is 1. The number of nitrogens with zero attached hydrogens (tertiary/aromatic N) is 2. The Morgan fingerprint density at radius 1 is 1.50 bits per heavy atom. The van der Waals surface area contributed by atoms with Crippen LogP contribution in [0.15, 0.2) is 12.4 Å². The van der Waals surface area contributed by atoms with E-state index in [1.54, 1.807) is 6.20 Å². The number of hydrogen-bond acceptors (Lipinski definition) is 4. The average Bonchev–Trinajstić information content (AvgIpc) is 2.12. The van der Waals surface area contributed by atoms with Crippen LogP contribution in [0.2, 0.25) is 0 Å². The van der Waals surface area contributed by atoms with Crippen molar-refractivity contribution in [3.8, 4) is 0 Å². The van der Waals surface area contributed by atoms with E-state index >= 15 is 0 Å². The van der Waals surface area contributed by atoms with Crippen molar-refractivity contribution in [3.05, 3.63) is 18.2 Å². The molecule has 1 aromatic heterocycles. The number of rotatable bonds is 0. The van der Waals surface area contributed by atoms with Crippen molar-refractivity contribution in [1.29, 1.82) is 0 Å². The van der Waals surface area contributed by atoms with Crippen molar-refractivity contribution in [3.63, 3.8) is 0 Å². The van der Waals surface area contributed by atoms with Crippen LogP contribution in [0.5, 0.6) is 0 Å². The summed E-state index contributed by atoms with van der Waals surface area (Å²) in [4.78, 5) is 3.98. The minimum absolute atomic E-state index is 1.06. The molecular weight excluding hydrogens is 338 g/mol. The molecule has 1 heterocycles. The van der Waals surface area contributed by atoms with Gasteiger partial charge in [0.05, 0.1) is 0 Å². The summed E-state index contributed by atoms with van der Waals surface area (Å²) < 4.78 is 35.3. The van der Waals surface area contributed by atoms with E-state index in [4.69, 9.17) is 14.2 Å². The number of aryl methyl sites for hydroxylation is 2. The summed E-state index contributed by atoms with van der Waals surface area (Å²) in [5.74, 6) is 1.06. The molecule has 0 atom stereocenters. The van der Waals surface area contributed by atoms with E-state index in [2.05, 4.69) is 4.98 Å². The zero-order valence-corrected chi connectivity index (χ0v) is 9.31. The molecule has 0 radical (unpaired) electrons. The quantitative estimate of drug-likeness (QED) is 0.703. The molecule has 0 amide bonds. The van der Waals surface area contributed by atoms with Gasteiger partial charge in [0.25, 0.3) is 0 Å². The third-order valence-electron chi connectivity index (χ3n) is 1.06. The van der Waals surface area contributed by atoms with E-state index in [1.165, 1.54) is 0 Å². The molecule has 12 heavy (non-hydrogen) atoms. The molecule has 0 aliphatic rings. The monoisotopic (exact) mass is 348 g/mol. The van der Waals surface area contributed by atoms with Gasteiger partial charge >= 0.3 is 30.0 Å². The van der Waals surface area contributed by atoms with E-state index in [-0.39, 0.29) is 0 Å². The van der Waals surface area contributed by atoms with Crippen LogP contribution in [-0.4, -0.2) is 13.4 Å². The predicted molar refractivity (Wildman–Crippen MR) is 32.2 cm³/mol. The molecule has 70 valence electrons. The van der Waals surface area contributed by atoms with E-state index < -0.39 is 15.8 Å². The topological polar surface area (TPSA) is 89.3 Å². The molecule has 1 aromatic rings. The standard InChI is InChI=1S/C5H8N2.H2O.3O.Re/c1-5-6-3-4-7(5)2;;;;;/h3-4H,1-2H3;1H2;;;;/q;;;;;+1/p-1. The Morgan fingerprint density at radius 2 is 1.92 bits per heavy atom. The molecule has 0 fully saturated rings. The van der Waals surface area contributed by atoms with Gasteiger partial charge in [0.2, 0.25) is 0 Å². The number of imidazole rings is 1. The van der Waals surface area contributed by atoms with Crippen LogP contribution in [0.25, 0.3) is 0 Å². The van der Waals surface area contributed by atoms with Crippen LogP contribution in [-0.2, 0) is 33.2 Å². The van der Waals surface area contributed by atoms with Gasteiger partial charge in [-0.05, 0) is 6.92 Å². The zero-order chi connectivity index (χ0) is 9.78. The molecule has 0 saturated carbocycles. The first-order valence-electron chi connectivity index (χ1n) is 2.88. The van der Waals surface area contributed by atoms with Crippen molar-refractivity contribution >= 4 is 0 Å². The van der Waals surface area contributed by atoms with Crippen LogP contribution >= 0.6 is 0 Å². The maximum absolute atomic E-state index is 8.75. The normalized spacial score (nSPS) is 10.2. The average molecular weight is 347 g/mol. The summed E-state index contributed by atoms with van der Waals surface area (Å²) in [7, 11) is 1.97. The van der Waals surface area contributed by atoms with Gasteiger partial charge in [0.1, 0.15) is 5.82 Å². The van der Waals surface area contributed by atoms with Crippen LogP contribution < -0.4 is 0 Å². The first-order valence-corrected chi connectivity index (χ1v) is 7.42. The third kappa shape index (κ3) is 7.34. The van der Waals surface area contributed by atoms with Gasteiger partial charge in [0.15, 0.2) is 0 Å². The molecule has 1 rings (SSSR count). The second-order valence-electron chi connectivity index (χ2n) is 1.98. The van der Waals surface area contributed by atoms with Gasteiger partial charge in [-0.25, -0.2) is 4.98 Å². The summed E-state index contributed by atoms with van der Waals surface area (Å²) in [5, 5.41) is 0. The van der Waals surface area contributed by atoms with Crippen molar-refractivity contribution in [2.24, 2.45) is 7.05 Å². The predicted octanol–water partition coefficient (Wildman–Crippen LogP) is -0.187. The second kappa shape index (κ2) is 4.31. The van der Waals surface area contributed by atoms with Crippen LogP contribution in [0.4, 0.5) is 0 Å². The van der Waals surface area contributed by atoms with Gasteiger partial charge < -0.3 is 4.57 Å². The van der Waals surface area contributed by atoms with E-state index in [0.717, 1.165) is 5.82 Å². The summed E-state index contributed by atoms with van der Waals surface area (Å²) in [6.07, 6.45) is 3.71. The summed E-state index contributed by atoms with van der Waals surface area (Å²) in [6.45, 7) is 1.97. The molecule has 0 bridgehead atoms. The first-order chi connectivity index (χ1) is 5.30. The van der Waals surface area contributed by atoms with E-state index in [0.29, 0.717) is 0 Å². The van der Waals surface area contributed by atoms with Crippen LogP contribution in [0.1, 0.15) is 5.82 Å². The van der Waals surface area contributed by atoms with Crippen molar-refractivity contribution in [2.45, 2.75) is 6.92 Å². The van der Waals surface area contributed by atoms with Gasteiger partial charge in [-0.3, -0.25) is 0 Å². The summed E-state index contributed by atoms with van der Waals surface area (Å²) in [5.41, 5.74) is 0. The fourth-order valence-electron chi connectivity index (χ4n) is 0.440. The Kier molecular flexibility index (Phi) is 4.03. The molecule has 0 aliphatic heterocycles. The SMILES string of the molecule is Cc1nccn1C.[O]=[Re](=[O])(=[O])[OH]. The molecule has 7 heteroatoms. The maximum atomic E-state index is 8.75. The Hall–Kier alpha value is -0.768. The fraction of sp³-hybridized carbons (Fsp3) is 0.400. The van der Waals surface area contributed by atoms with Crippen LogP contribution in [0.3, 0.4) is 0 Å². The van der Waals surface area contributed by atoms with Crippen LogP contribution in [0, 0.1) is 6.92 Å². The molecule has 6 nitrogen and oxygen atoms in total. The van der Waals surface area contributed by atoms with Gasteiger partial charge in [-0.1, -0.05) is 0 Å². The second-order valence-corrected chi connectivity index (χ2v) is 4.83. The van der Waals surface area contributed by atoms with E-state index in [1.807, 2.05) is 24.7 Å². The van der Waals surface area contributed by atoms with Gasteiger partial charge in [0, 0.05) is 19.4 Å². The van der Waals surface area contributed by atoms with Crippen molar-refractivity contribution in [1.82, 2.24) is 9.55 Å². The van der Waals surface area contributed by atoms with Crippen molar-refractivity contribution in [2.75, 3.05) is 0 Å². The number of aromatic nitrogens is 2. The fourth-order valence-corrected chi connectivity index (χ4v) is 0.440. The van der Waals surface area contributed by atoms with Gasteiger partial charge in [-0.15, -0.1) is 0 Å². The molecule has 0 unspecified atom stereocenters. The van der Waals surface area contributed by atoms with E-state index in [9.17, 15) is 0 Å². The Balaban J connectivity index is 0.000000217. The Labute approximate surface area is 72.2 Å². The van der Waals surface area contributed by atoms with Crippen molar-refractivity contribution < 1.29 is 30.0 Å².